The third kappa shape index (κ3) is 3.27. The van der Waals surface area contributed by atoms with Crippen molar-refractivity contribution < 1.29 is 4.79 Å². The second kappa shape index (κ2) is 6.93. The van der Waals surface area contributed by atoms with E-state index < -0.39 is 0 Å². The van der Waals surface area contributed by atoms with Crippen molar-refractivity contribution in [1.82, 2.24) is 24.3 Å². The van der Waals surface area contributed by atoms with Crippen LogP contribution >= 0.6 is 11.3 Å². The van der Waals surface area contributed by atoms with E-state index in [1.54, 1.807) is 34.6 Å². The molecular formula is C18H16N6OS. The van der Waals surface area contributed by atoms with Crippen LogP contribution < -0.4 is 5.32 Å². The molecule has 0 saturated carbocycles. The molecule has 130 valence electrons. The number of imidazole rings is 1. The molecule has 1 N–H and O–H groups in total. The summed E-state index contributed by atoms with van der Waals surface area (Å²) in [5, 5.41) is 13.4. The van der Waals surface area contributed by atoms with Crippen LogP contribution in [0.3, 0.4) is 0 Å². The molecule has 4 aromatic rings. The molecule has 8 heteroatoms. The Bertz CT molecular complexity index is 1000. The molecule has 1 aromatic carbocycles. The molecule has 26 heavy (non-hydrogen) atoms. The van der Waals surface area contributed by atoms with Gasteiger partial charge in [-0.1, -0.05) is 6.07 Å². The van der Waals surface area contributed by atoms with E-state index in [0.29, 0.717) is 0 Å². The molecule has 0 aliphatic heterocycles. The van der Waals surface area contributed by atoms with Gasteiger partial charge in [-0.25, -0.2) is 4.98 Å². The summed E-state index contributed by atoms with van der Waals surface area (Å²) in [6.07, 6.45) is 5.02. The van der Waals surface area contributed by atoms with E-state index in [9.17, 15) is 4.79 Å². The first kappa shape index (κ1) is 16.2. The molecule has 3 heterocycles. The van der Waals surface area contributed by atoms with E-state index in [0.717, 1.165) is 27.9 Å². The number of aryl methyl sites for hydroxylation is 1. The number of amides is 1. The molecule has 0 bridgehead atoms. The molecule has 0 fully saturated rings. The number of rotatable bonds is 5. The van der Waals surface area contributed by atoms with Crippen molar-refractivity contribution in [2.24, 2.45) is 0 Å². The maximum absolute atomic E-state index is 12.1. The Kier molecular flexibility index (Phi) is 4.32. The van der Waals surface area contributed by atoms with Crippen molar-refractivity contribution in [3.63, 3.8) is 0 Å². The maximum atomic E-state index is 12.1. The van der Waals surface area contributed by atoms with Crippen LogP contribution in [0, 0.1) is 6.92 Å². The monoisotopic (exact) mass is 364 g/mol. The van der Waals surface area contributed by atoms with Crippen LogP contribution in [0.25, 0.3) is 16.4 Å². The first-order valence-electron chi connectivity index (χ1n) is 8.02. The number of aromatic nitrogens is 5. The standard InChI is InChI=1S/C18H16N6OS/c1-13-21-22-18(16-3-2-10-26-16)24(13)15-6-4-14(5-7-15)20-17(25)11-23-9-8-19-12-23/h2-10,12H,11H2,1H3,(H,20,25). The van der Waals surface area contributed by atoms with Gasteiger partial charge in [0.2, 0.25) is 5.91 Å². The van der Waals surface area contributed by atoms with Crippen molar-refractivity contribution in [2.75, 3.05) is 5.32 Å². The minimum absolute atomic E-state index is 0.101. The summed E-state index contributed by atoms with van der Waals surface area (Å²) in [6.45, 7) is 2.15. The van der Waals surface area contributed by atoms with Crippen molar-refractivity contribution in [1.29, 1.82) is 0 Å². The fraction of sp³-hybridized carbons (Fsp3) is 0.111. The highest BCUT2D eigenvalue weighted by Crippen LogP contribution is 2.27. The van der Waals surface area contributed by atoms with Crippen molar-refractivity contribution >= 4 is 22.9 Å². The zero-order valence-corrected chi connectivity index (χ0v) is 14.8. The number of carbonyl (C=O) groups is 1. The SMILES string of the molecule is Cc1nnc(-c2cccs2)n1-c1ccc(NC(=O)Cn2ccnc2)cc1. The van der Waals surface area contributed by atoms with Gasteiger partial charge in [-0.2, -0.15) is 0 Å². The van der Waals surface area contributed by atoms with Crippen LogP contribution in [0.5, 0.6) is 0 Å². The number of hydrogen-bond acceptors (Lipinski definition) is 5. The zero-order chi connectivity index (χ0) is 17.9. The molecule has 0 radical (unpaired) electrons. The number of nitrogens with one attached hydrogen (secondary N) is 1. The van der Waals surface area contributed by atoms with Gasteiger partial charge >= 0.3 is 0 Å². The first-order chi connectivity index (χ1) is 12.7. The zero-order valence-electron chi connectivity index (χ0n) is 14.0. The third-order valence-corrected chi connectivity index (χ3v) is 4.73. The molecule has 4 rings (SSSR count). The average molecular weight is 364 g/mol. The van der Waals surface area contributed by atoms with Crippen LogP contribution in [0.4, 0.5) is 5.69 Å². The Morgan fingerprint density at radius 1 is 1.19 bits per heavy atom. The molecule has 0 aliphatic rings. The number of thiophene rings is 1. The van der Waals surface area contributed by atoms with Gasteiger partial charge in [0.25, 0.3) is 0 Å². The van der Waals surface area contributed by atoms with Crippen LogP contribution in [0.1, 0.15) is 5.82 Å². The quantitative estimate of drug-likeness (QED) is 0.590. The van der Waals surface area contributed by atoms with Gasteiger partial charge in [-0.15, -0.1) is 21.5 Å². The number of hydrogen-bond donors (Lipinski definition) is 1. The minimum atomic E-state index is -0.101. The minimum Gasteiger partial charge on any atom is -0.328 e. The molecule has 0 atom stereocenters. The largest absolute Gasteiger partial charge is 0.328 e. The van der Waals surface area contributed by atoms with Crippen LogP contribution in [0.2, 0.25) is 0 Å². The summed E-state index contributed by atoms with van der Waals surface area (Å²) in [4.78, 5) is 17.1. The molecule has 3 aromatic heterocycles. The molecule has 1 amide bonds. The van der Waals surface area contributed by atoms with Crippen molar-refractivity contribution in [3.8, 4) is 16.4 Å². The molecule has 0 saturated heterocycles. The number of nitrogens with zero attached hydrogens (tertiary/aromatic N) is 5. The highest BCUT2D eigenvalue weighted by molar-refractivity contribution is 7.13. The lowest BCUT2D eigenvalue weighted by molar-refractivity contribution is -0.116. The van der Waals surface area contributed by atoms with E-state index in [4.69, 9.17) is 0 Å². The number of anilines is 1. The molecular weight excluding hydrogens is 348 g/mol. The summed E-state index contributed by atoms with van der Waals surface area (Å²) in [5.74, 6) is 1.52. The van der Waals surface area contributed by atoms with E-state index >= 15 is 0 Å². The number of benzene rings is 1. The van der Waals surface area contributed by atoms with Crippen LogP contribution in [-0.2, 0) is 11.3 Å². The molecule has 0 unspecified atom stereocenters. The lowest BCUT2D eigenvalue weighted by atomic mass is 10.2. The van der Waals surface area contributed by atoms with Gasteiger partial charge in [-0.3, -0.25) is 9.36 Å². The fourth-order valence-electron chi connectivity index (χ4n) is 2.68. The summed E-state index contributed by atoms with van der Waals surface area (Å²) in [6, 6.07) is 11.7. The van der Waals surface area contributed by atoms with Gasteiger partial charge in [-0.05, 0) is 42.6 Å². The second-order valence-corrected chi connectivity index (χ2v) is 6.66. The van der Waals surface area contributed by atoms with Crippen LogP contribution in [0.15, 0.2) is 60.5 Å². The van der Waals surface area contributed by atoms with Gasteiger partial charge < -0.3 is 9.88 Å². The Labute approximate surface area is 154 Å². The second-order valence-electron chi connectivity index (χ2n) is 5.71. The smallest absolute Gasteiger partial charge is 0.244 e. The molecule has 7 nitrogen and oxygen atoms in total. The Balaban J connectivity index is 1.53. The Hall–Kier alpha value is -3.26. The van der Waals surface area contributed by atoms with Gasteiger partial charge in [0.05, 0.1) is 11.2 Å². The molecule has 0 spiro atoms. The predicted molar refractivity (Wildman–Crippen MR) is 100 cm³/mol. The fourth-order valence-corrected chi connectivity index (χ4v) is 3.38. The maximum Gasteiger partial charge on any atom is 0.244 e. The first-order valence-corrected chi connectivity index (χ1v) is 8.90. The highest BCUT2D eigenvalue weighted by Gasteiger charge is 2.13. The van der Waals surface area contributed by atoms with Gasteiger partial charge in [0, 0.05) is 23.8 Å². The Morgan fingerprint density at radius 3 is 2.73 bits per heavy atom. The lowest BCUT2D eigenvalue weighted by Gasteiger charge is -2.10. The van der Waals surface area contributed by atoms with Crippen molar-refractivity contribution in [2.45, 2.75) is 13.5 Å². The van der Waals surface area contributed by atoms with E-state index in [1.807, 2.05) is 53.3 Å². The summed E-state index contributed by atoms with van der Waals surface area (Å²) in [5.41, 5.74) is 1.69. The Morgan fingerprint density at radius 2 is 2.04 bits per heavy atom. The third-order valence-electron chi connectivity index (χ3n) is 3.86. The van der Waals surface area contributed by atoms with Gasteiger partial charge in [0.1, 0.15) is 12.4 Å². The number of carbonyl (C=O) groups excluding carboxylic acids is 1. The molecule has 0 aliphatic carbocycles. The highest BCUT2D eigenvalue weighted by atomic mass is 32.1. The van der Waals surface area contributed by atoms with E-state index in [1.165, 1.54) is 0 Å². The topological polar surface area (TPSA) is 77.6 Å². The lowest BCUT2D eigenvalue weighted by Crippen LogP contribution is -2.17. The normalized spacial score (nSPS) is 10.8. The van der Waals surface area contributed by atoms with Crippen molar-refractivity contribution in [3.05, 3.63) is 66.3 Å². The van der Waals surface area contributed by atoms with Crippen LogP contribution in [-0.4, -0.2) is 30.2 Å². The van der Waals surface area contributed by atoms with E-state index in [2.05, 4.69) is 20.5 Å². The van der Waals surface area contributed by atoms with E-state index in [-0.39, 0.29) is 12.5 Å². The summed E-state index contributed by atoms with van der Waals surface area (Å²) >= 11 is 1.62. The summed E-state index contributed by atoms with van der Waals surface area (Å²) < 4.78 is 3.72. The average Bonchev–Trinajstić information content (AvgIpc) is 3.37. The van der Waals surface area contributed by atoms with Gasteiger partial charge in [0.15, 0.2) is 5.82 Å². The summed E-state index contributed by atoms with van der Waals surface area (Å²) in [7, 11) is 0. The predicted octanol–water partition coefficient (Wildman–Crippen LogP) is 3.14.